The summed E-state index contributed by atoms with van der Waals surface area (Å²) < 4.78 is 5.06. The quantitative estimate of drug-likeness (QED) is 0.682. The Kier molecular flexibility index (Phi) is 7.37. The lowest BCUT2D eigenvalue weighted by Gasteiger charge is -2.18. The SMILES string of the molecule is CCCNCc1cccc(N(C)CCCOC)n1. The summed E-state index contributed by atoms with van der Waals surface area (Å²) in [6, 6.07) is 6.18. The second kappa shape index (κ2) is 8.89. The van der Waals surface area contributed by atoms with E-state index in [2.05, 4.69) is 47.4 Å². The maximum Gasteiger partial charge on any atom is 0.128 e. The number of rotatable bonds is 9. The van der Waals surface area contributed by atoms with Crippen molar-refractivity contribution in [3.63, 3.8) is 0 Å². The van der Waals surface area contributed by atoms with Crippen LogP contribution in [0.5, 0.6) is 0 Å². The van der Waals surface area contributed by atoms with Crippen molar-refractivity contribution in [3.05, 3.63) is 23.9 Å². The van der Waals surface area contributed by atoms with Gasteiger partial charge in [-0.1, -0.05) is 13.0 Å². The fourth-order valence-corrected chi connectivity index (χ4v) is 1.73. The summed E-state index contributed by atoms with van der Waals surface area (Å²) in [5.74, 6) is 1.03. The fourth-order valence-electron chi connectivity index (χ4n) is 1.73. The summed E-state index contributed by atoms with van der Waals surface area (Å²) in [5, 5.41) is 3.37. The van der Waals surface area contributed by atoms with E-state index in [0.717, 1.165) is 50.6 Å². The Morgan fingerprint density at radius 3 is 2.94 bits per heavy atom. The Hall–Kier alpha value is -1.13. The average Bonchev–Trinajstić information content (AvgIpc) is 2.39. The topological polar surface area (TPSA) is 37.4 Å². The molecule has 0 saturated carbocycles. The number of hydrogen-bond donors (Lipinski definition) is 1. The molecule has 0 aliphatic heterocycles. The fraction of sp³-hybridized carbons (Fsp3) is 0.643. The van der Waals surface area contributed by atoms with Crippen LogP contribution in [0.2, 0.25) is 0 Å². The number of aromatic nitrogens is 1. The van der Waals surface area contributed by atoms with Gasteiger partial charge in [0.1, 0.15) is 5.82 Å². The van der Waals surface area contributed by atoms with Gasteiger partial charge in [0.2, 0.25) is 0 Å². The molecule has 4 heteroatoms. The number of pyridine rings is 1. The first kappa shape index (κ1) is 14.9. The van der Waals surface area contributed by atoms with Crippen molar-refractivity contribution in [1.82, 2.24) is 10.3 Å². The molecule has 102 valence electrons. The standard InChI is InChI=1S/C14H25N3O/c1-4-9-15-12-13-7-5-8-14(16-13)17(2)10-6-11-18-3/h5,7-8,15H,4,6,9-12H2,1-3H3. The Labute approximate surface area is 110 Å². The summed E-state index contributed by atoms with van der Waals surface area (Å²) in [6.07, 6.45) is 2.17. The van der Waals surface area contributed by atoms with Crippen molar-refractivity contribution in [2.24, 2.45) is 0 Å². The number of ether oxygens (including phenoxy) is 1. The van der Waals surface area contributed by atoms with Gasteiger partial charge in [-0.2, -0.15) is 0 Å². The van der Waals surface area contributed by atoms with E-state index in [9.17, 15) is 0 Å². The van der Waals surface area contributed by atoms with Crippen molar-refractivity contribution < 1.29 is 4.74 Å². The molecule has 1 heterocycles. The van der Waals surface area contributed by atoms with Gasteiger partial charge in [-0.3, -0.25) is 0 Å². The summed E-state index contributed by atoms with van der Waals surface area (Å²) in [7, 11) is 3.81. The van der Waals surface area contributed by atoms with E-state index in [-0.39, 0.29) is 0 Å². The van der Waals surface area contributed by atoms with Gasteiger partial charge >= 0.3 is 0 Å². The number of nitrogens with zero attached hydrogens (tertiary/aromatic N) is 2. The minimum Gasteiger partial charge on any atom is -0.385 e. The van der Waals surface area contributed by atoms with E-state index in [4.69, 9.17) is 4.74 Å². The van der Waals surface area contributed by atoms with Crippen molar-refractivity contribution in [2.45, 2.75) is 26.3 Å². The Balaban J connectivity index is 2.47. The van der Waals surface area contributed by atoms with E-state index in [1.165, 1.54) is 0 Å². The van der Waals surface area contributed by atoms with Gasteiger partial charge in [-0.05, 0) is 31.5 Å². The Bertz CT molecular complexity index is 331. The highest BCUT2D eigenvalue weighted by Crippen LogP contribution is 2.10. The normalized spacial score (nSPS) is 10.6. The highest BCUT2D eigenvalue weighted by atomic mass is 16.5. The van der Waals surface area contributed by atoms with Crippen LogP contribution >= 0.6 is 0 Å². The third-order valence-corrected chi connectivity index (χ3v) is 2.76. The minimum atomic E-state index is 0.794. The lowest BCUT2D eigenvalue weighted by Crippen LogP contribution is -2.22. The molecule has 0 spiro atoms. The van der Waals surface area contributed by atoms with Crippen LogP contribution in [0, 0.1) is 0 Å². The molecule has 0 aliphatic rings. The molecule has 0 unspecified atom stereocenters. The second-order valence-corrected chi connectivity index (χ2v) is 4.43. The highest BCUT2D eigenvalue weighted by molar-refractivity contribution is 5.38. The Morgan fingerprint density at radius 2 is 2.22 bits per heavy atom. The van der Waals surface area contributed by atoms with Crippen LogP contribution in [0.25, 0.3) is 0 Å². The predicted octanol–water partition coefficient (Wildman–Crippen LogP) is 2.05. The number of anilines is 1. The molecule has 1 N–H and O–H groups in total. The molecule has 0 amide bonds. The van der Waals surface area contributed by atoms with Crippen LogP contribution in [0.15, 0.2) is 18.2 Å². The number of methoxy groups -OCH3 is 1. The molecule has 1 aromatic rings. The maximum absolute atomic E-state index is 5.06. The van der Waals surface area contributed by atoms with Gasteiger partial charge in [-0.25, -0.2) is 4.98 Å². The summed E-state index contributed by atoms with van der Waals surface area (Å²) in [5.41, 5.74) is 1.10. The van der Waals surface area contributed by atoms with Crippen LogP contribution in [0.4, 0.5) is 5.82 Å². The van der Waals surface area contributed by atoms with Gasteiger partial charge in [0.15, 0.2) is 0 Å². The van der Waals surface area contributed by atoms with Crippen molar-refractivity contribution in [3.8, 4) is 0 Å². The van der Waals surface area contributed by atoms with E-state index in [0.29, 0.717) is 0 Å². The van der Waals surface area contributed by atoms with Crippen molar-refractivity contribution >= 4 is 5.82 Å². The molecular weight excluding hydrogens is 226 g/mol. The number of hydrogen-bond acceptors (Lipinski definition) is 4. The zero-order chi connectivity index (χ0) is 13.2. The van der Waals surface area contributed by atoms with E-state index in [1.807, 2.05) is 0 Å². The van der Waals surface area contributed by atoms with E-state index in [1.54, 1.807) is 7.11 Å². The van der Waals surface area contributed by atoms with Gasteiger partial charge < -0.3 is 15.0 Å². The molecule has 0 atom stereocenters. The summed E-state index contributed by atoms with van der Waals surface area (Å²) in [4.78, 5) is 6.81. The molecule has 1 rings (SSSR count). The lowest BCUT2D eigenvalue weighted by molar-refractivity contribution is 0.196. The minimum absolute atomic E-state index is 0.794. The summed E-state index contributed by atoms with van der Waals surface area (Å²) in [6.45, 7) is 5.80. The average molecular weight is 251 g/mol. The predicted molar refractivity (Wildman–Crippen MR) is 76.0 cm³/mol. The first-order valence-corrected chi connectivity index (χ1v) is 6.64. The van der Waals surface area contributed by atoms with Crippen LogP contribution in [-0.4, -0.2) is 38.8 Å². The van der Waals surface area contributed by atoms with Gasteiger partial charge in [-0.15, -0.1) is 0 Å². The molecule has 18 heavy (non-hydrogen) atoms. The summed E-state index contributed by atoms with van der Waals surface area (Å²) >= 11 is 0. The highest BCUT2D eigenvalue weighted by Gasteiger charge is 2.03. The number of nitrogens with one attached hydrogen (secondary N) is 1. The zero-order valence-electron chi connectivity index (χ0n) is 11.8. The van der Waals surface area contributed by atoms with Crippen LogP contribution in [-0.2, 0) is 11.3 Å². The third kappa shape index (κ3) is 5.47. The van der Waals surface area contributed by atoms with Crippen LogP contribution in [0.1, 0.15) is 25.5 Å². The van der Waals surface area contributed by atoms with E-state index >= 15 is 0 Å². The molecule has 0 bridgehead atoms. The molecule has 0 fully saturated rings. The second-order valence-electron chi connectivity index (χ2n) is 4.43. The van der Waals surface area contributed by atoms with Gasteiger partial charge in [0.05, 0.1) is 5.69 Å². The van der Waals surface area contributed by atoms with Crippen molar-refractivity contribution in [2.75, 3.05) is 38.8 Å². The maximum atomic E-state index is 5.06. The molecule has 0 radical (unpaired) electrons. The first-order valence-electron chi connectivity index (χ1n) is 6.64. The molecule has 4 nitrogen and oxygen atoms in total. The lowest BCUT2D eigenvalue weighted by atomic mass is 10.3. The van der Waals surface area contributed by atoms with Gasteiger partial charge in [0.25, 0.3) is 0 Å². The molecule has 0 aromatic carbocycles. The van der Waals surface area contributed by atoms with E-state index < -0.39 is 0 Å². The largest absolute Gasteiger partial charge is 0.385 e. The first-order chi connectivity index (χ1) is 8.77. The molecular formula is C14H25N3O. The Morgan fingerprint density at radius 1 is 1.39 bits per heavy atom. The van der Waals surface area contributed by atoms with Crippen LogP contribution in [0.3, 0.4) is 0 Å². The molecule has 1 aromatic heterocycles. The zero-order valence-corrected chi connectivity index (χ0v) is 11.8. The monoisotopic (exact) mass is 251 g/mol. The molecule has 0 aliphatic carbocycles. The third-order valence-electron chi connectivity index (χ3n) is 2.76. The smallest absolute Gasteiger partial charge is 0.128 e. The van der Waals surface area contributed by atoms with Crippen LogP contribution < -0.4 is 10.2 Å². The molecule has 0 saturated heterocycles. The van der Waals surface area contributed by atoms with Crippen molar-refractivity contribution in [1.29, 1.82) is 0 Å². The van der Waals surface area contributed by atoms with Gasteiger partial charge in [0, 0.05) is 33.9 Å².